The number of amides is 1. The summed E-state index contributed by atoms with van der Waals surface area (Å²) in [6.07, 6.45) is 0. The van der Waals surface area contributed by atoms with Crippen LogP contribution in [0.4, 0.5) is 5.69 Å². The molecule has 2 rings (SSSR count). The summed E-state index contributed by atoms with van der Waals surface area (Å²) in [6.45, 7) is 1.90. The molecule has 18 heavy (non-hydrogen) atoms. The number of anilines is 1. The Hall–Kier alpha value is -1.32. The quantitative estimate of drug-likeness (QED) is 0.855. The molecule has 0 aliphatic rings. The van der Waals surface area contributed by atoms with Gasteiger partial charge in [0.05, 0.1) is 5.56 Å². The molecule has 0 unspecified atom stereocenters. The normalized spacial score (nSPS) is 10.2. The van der Waals surface area contributed by atoms with Gasteiger partial charge in [-0.05, 0) is 58.7 Å². The molecular formula is C14H11BrClNO. The van der Waals surface area contributed by atoms with Crippen LogP contribution < -0.4 is 5.32 Å². The van der Waals surface area contributed by atoms with Crippen LogP contribution in [-0.2, 0) is 0 Å². The molecule has 0 atom stereocenters. The number of nitrogens with one attached hydrogen (secondary N) is 1. The number of rotatable bonds is 2. The second-order valence-electron chi connectivity index (χ2n) is 3.89. The van der Waals surface area contributed by atoms with E-state index in [9.17, 15) is 4.79 Å². The van der Waals surface area contributed by atoms with Crippen LogP contribution >= 0.6 is 27.5 Å². The molecule has 92 valence electrons. The second kappa shape index (κ2) is 5.55. The maximum absolute atomic E-state index is 12.1. The molecule has 0 bridgehead atoms. The summed E-state index contributed by atoms with van der Waals surface area (Å²) >= 11 is 9.23. The first kappa shape index (κ1) is 13.1. The maximum Gasteiger partial charge on any atom is 0.256 e. The Morgan fingerprint density at radius 3 is 2.61 bits per heavy atom. The third kappa shape index (κ3) is 2.92. The predicted octanol–water partition coefficient (Wildman–Crippen LogP) is 4.66. The minimum atomic E-state index is -0.145. The SMILES string of the molecule is Cc1cc(Cl)ccc1NC(=O)c1ccccc1Br. The first-order valence-corrected chi connectivity index (χ1v) is 6.57. The maximum atomic E-state index is 12.1. The second-order valence-corrected chi connectivity index (χ2v) is 5.18. The zero-order valence-electron chi connectivity index (χ0n) is 9.71. The van der Waals surface area contributed by atoms with E-state index in [1.165, 1.54) is 0 Å². The molecule has 0 radical (unpaired) electrons. The third-order valence-corrected chi connectivity index (χ3v) is 3.48. The van der Waals surface area contributed by atoms with Gasteiger partial charge in [0.1, 0.15) is 0 Å². The number of halogens is 2. The Kier molecular flexibility index (Phi) is 4.04. The summed E-state index contributed by atoms with van der Waals surface area (Å²) in [6, 6.07) is 12.7. The third-order valence-electron chi connectivity index (χ3n) is 2.56. The lowest BCUT2D eigenvalue weighted by molar-refractivity contribution is 0.102. The summed E-state index contributed by atoms with van der Waals surface area (Å²) in [5.41, 5.74) is 2.30. The van der Waals surface area contributed by atoms with Crippen LogP contribution in [0.2, 0.25) is 5.02 Å². The van der Waals surface area contributed by atoms with Gasteiger partial charge in [-0.15, -0.1) is 0 Å². The van der Waals surface area contributed by atoms with E-state index in [0.29, 0.717) is 10.6 Å². The minimum Gasteiger partial charge on any atom is -0.322 e. The highest BCUT2D eigenvalue weighted by Crippen LogP contribution is 2.22. The van der Waals surface area contributed by atoms with Gasteiger partial charge < -0.3 is 5.32 Å². The standard InChI is InChI=1S/C14H11BrClNO/c1-9-8-10(16)6-7-13(9)17-14(18)11-4-2-3-5-12(11)15/h2-8H,1H3,(H,17,18). The minimum absolute atomic E-state index is 0.145. The molecule has 2 aromatic rings. The Morgan fingerprint density at radius 1 is 1.22 bits per heavy atom. The number of benzene rings is 2. The van der Waals surface area contributed by atoms with Crippen molar-refractivity contribution in [1.29, 1.82) is 0 Å². The van der Waals surface area contributed by atoms with Crippen LogP contribution in [0, 0.1) is 6.92 Å². The fourth-order valence-corrected chi connectivity index (χ4v) is 2.29. The number of hydrogen-bond acceptors (Lipinski definition) is 1. The van der Waals surface area contributed by atoms with Crippen LogP contribution in [-0.4, -0.2) is 5.91 Å². The van der Waals surface area contributed by atoms with Crippen molar-refractivity contribution in [2.75, 3.05) is 5.32 Å². The van der Waals surface area contributed by atoms with Crippen molar-refractivity contribution < 1.29 is 4.79 Å². The molecule has 0 aliphatic heterocycles. The first-order chi connectivity index (χ1) is 8.58. The molecule has 1 N–H and O–H groups in total. The predicted molar refractivity (Wildman–Crippen MR) is 78.3 cm³/mol. The monoisotopic (exact) mass is 323 g/mol. The molecule has 0 heterocycles. The van der Waals surface area contributed by atoms with Gasteiger partial charge in [0.2, 0.25) is 0 Å². The van der Waals surface area contributed by atoms with E-state index in [-0.39, 0.29) is 5.91 Å². The van der Waals surface area contributed by atoms with Crippen molar-refractivity contribution >= 4 is 39.1 Å². The zero-order valence-corrected chi connectivity index (χ0v) is 12.0. The van der Waals surface area contributed by atoms with Gasteiger partial charge in [0, 0.05) is 15.2 Å². The molecule has 0 saturated heterocycles. The van der Waals surface area contributed by atoms with Crippen LogP contribution in [0.1, 0.15) is 15.9 Å². The van der Waals surface area contributed by atoms with Gasteiger partial charge in [-0.1, -0.05) is 23.7 Å². The van der Waals surface area contributed by atoms with Crippen molar-refractivity contribution in [3.8, 4) is 0 Å². The Balaban J connectivity index is 2.24. The number of carbonyl (C=O) groups is 1. The molecule has 4 heteroatoms. The summed E-state index contributed by atoms with van der Waals surface area (Å²) in [5, 5.41) is 3.53. The summed E-state index contributed by atoms with van der Waals surface area (Å²) in [7, 11) is 0. The van der Waals surface area contributed by atoms with Crippen molar-refractivity contribution in [1.82, 2.24) is 0 Å². The molecule has 0 spiro atoms. The van der Waals surface area contributed by atoms with Gasteiger partial charge in [-0.25, -0.2) is 0 Å². The topological polar surface area (TPSA) is 29.1 Å². The van der Waals surface area contributed by atoms with E-state index in [2.05, 4.69) is 21.2 Å². The van der Waals surface area contributed by atoms with E-state index in [0.717, 1.165) is 15.7 Å². The van der Waals surface area contributed by atoms with Crippen LogP contribution in [0.5, 0.6) is 0 Å². The highest BCUT2D eigenvalue weighted by atomic mass is 79.9. The molecular weight excluding hydrogens is 314 g/mol. The molecule has 0 aliphatic carbocycles. The molecule has 2 aromatic carbocycles. The molecule has 0 saturated carbocycles. The smallest absolute Gasteiger partial charge is 0.256 e. The summed E-state index contributed by atoms with van der Waals surface area (Å²) in [4.78, 5) is 12.1. The van der Waals surface area contributed by atoms with Gasteiger partial charge in [0.25, 0.3) is 5.91 Å². The van der Waals surface area contributed by atoms with Crippen LogP contribution in [0.15, 0.2) is 46.9 Å². The lowest BCUT2D eigenvalue weighted by Gasteiger charge is -2.09. The van der Waals surface area contributed by atoms with Crippen LogP contribution in [0.3, 0.4) is 0 Å². The van der Waals surface area contributed by atoms with Gasteiger partial charge >= 0.3 is 0 Å². The summed E-state index contributed by atoms with van der Waals surface area (Å²) < 4.78 is 0.772. The van der Waals surface area contributed by atoms with Crippen molar-refractivity contribution in [2.24, 2.45) is 0 Å². The van der Waals surface area contributed by atoms with E-state index in [1.54, 1.807) is 18.2 Å². The lowest BCUT2D eigenvalue weighted by atomic mass is 10.1. The number of carbonyl (C=O) groups excluding carboxylic acids is 1. The number of hydrogen-bond donors (Lipinski definition) is 1. The molecule has 0 fully saturated rings. The van der Waals surface area contributed by atoms with Crippen molar-refractivity contribution in [2.45, 2.75) is 6.92 Å². The summed E-state index contributed by atoms with van der Waals surface area (Å²) in [5.74, 6) is -0.145. The zero-order chi connectivity index (χ0) is 13.1. The Labute approximate surface area is 119 Å². The highest BCUT2D eigenvalue weighted by Gasteiger charge is 2.10. The fraction of sp³-hybridized carbons (Fsp3) is 0.0714. The molecule has 0 aromatic heterocycles. The van der Waals surface area contributed by atoms with E-state index < -0.39 is 0 Å². The fourth-order valence-electron chi connectivity index (χ4n) is 1.60. The highest BCUT2D eigenvalue weighted by molar-refractivity contribution is 9.10. The molecule has 2 nitrogen and oxygen atoms in total. The van der Waals surface area contributed by atoms with Gasteiger partial charge in [-0.3, -0.25) is 4.79 Å². The molecule has 1 amide bonds. The van der Waals surface area contributed by atoms with E-state index in [4.69, 9.17) is 11.6 Å². The largest absolute Gasteiger partial charge is 0.322 e. The van der Waals surface area contributed by atoms with Gasteiger partial charge in [-0.2, -0.15) is 0 Å². The van der Waals surface area contributed by atoms with Crippen LogP contribution in [0.25, 0.3) is 0 Å². The van der Waals surface area contributed by atoms with E-state index in [1.807, 2.05) is 31.2 Å². The Morgan fingerprint density at radius 2 is 1.94 bits per heavy atom. The van der Waals surface area contributed by atoms with E-state index >= 15 is 0 Å². The van der Waals surface area contributed by atoms with Gasteiger partial charge in [0.15, 0.2) is 0 Å². The number of aryl methyl sites for hydroxylation is 1. The lowest BCUT2D eigenvalue weighted by Crippen LogP contribution is -2.13. The Bertz CT molecular complexity index is 598. The van der Waals surface area contributed by atoms with Crippen molar-refractivity contribution in [3.05, 3.63) is 63.1 Å². The first-order valence-electron chi connectivity index (χ1n) is 5.40. The average molecular weight is 325 g/mol. The van der Waals surface area contributed by atoms with Crippen molar-refractivity contribution in [3.63, 3.8) is 0 Å². The average Bonchev–Trinajstić information content (AvgIpc) is 2.33.